The summed E-state index contributed by atoms with van der Waals surface area (Å²) in [6.07, 6.45) is 0. The molecule has 0 unspecified atom stereocenters. The van der Waals surface area contributed by atoms with E-state index in [0.29, 0.717) is 5.69 Å². The van der Waals surface area contributed by atoms with E-state index >= 15 is 0 Å². The van der Waals surface area contributed by atoms with Crippen molar-refractivity contribution in [3.05, 3.63) is 28.3 Å². The molecule has 1 aromatic rings. The first-order valence-electron chi connectivity index (χ1n) is 7.76. The lowest BCUT2D eigenvalue weighted by atomic mass is 10.2. The summed E-state index contributed by atoms with van der Waals surface area (Å²) in [7, 11) is 3.55. The van der Waals surface area contributed by atoms with Crippen molar-refractivity contribution in [2.45, 2.75) is 0 Å². The quantitative estimate of drug-likeness (QED) is 0.431. The number of likely N-dealkylation sites (N-methyl/N-ethyl adjacent to an activating group) is 1. The van der Waals surface area contributed by atoms with Crippen LogP contribution < -0.4 is 15.0 Å². The third-order valence-corrected chi connectivity index (χ3v) is 5.40. The molecule has 1 heterocycles. The number of carbonyl (C=O) groups is 1. The maximum Gasteiger partial charge on any atom is 0.273 e. The molecule has 2 N–H and O–H groups in total. The number of nitrogens with zero attached hydrogens (tertiary/aromatic N) is 2. The van der Waals surface area contributed by atoms with Gasteiger partial charge in [0.15, 0.2) is 0 Å². The van der Waals surface area contributed by atoms with Crippen molar-refractivity contribution >= 4 is 45.6 Å². The average molecular weight is 385 g/mol. The molecule has 1 fully saturated rings. The summed E-state index contributed by atoms with van der Waals surface area (Å²) in [6.45, 7) is 3.87. The molecule has 1 aromatic carbocycles. The molecule has 0 bridgehead atoms. The van der Waals surface area contributed by atoms with E-state index in [0.717, 1.165) is 30.5 Å². The molecule has 1 amide bonds. The third-order valence-electron chi connectivity index (χ3n) is 3.87. The Kier molecular flexibility index (Phi) is 6.97. The van der Waals surface area contributed by atoms with Gasteiger partial charge in [-0.1, -0.05) is 24.0 Å². The number of methoxy groups -OCH3 is 1. The number of thiocarbonyl (C=S) groups is 1. The number of benzene rings is 1. The number of thioether (sulfide) groups is 1. The van der Waals surface area contributed by atoms with Crippen LogP contribution in [0, 0.1) is 10.1 Å². The molecule has 1 aliphatic rings. The van der Waals surface area contributed by atoms with E-state index < -0.39 is 4.92 Å². The van der Waals surface area contributed by atoms with Crippen LogP contribution in [-0.2, 0) is 4.79 Å². The molecule has 0 saturated carbocycles. The lowest BCUT2D eigenvalue weighted by molar-refractivity contribution is -0.883. The zero-order valence-corrected chi connectivity index (χ0v) is 15.7. The van der Waals surface area contributed by atoms with Gasteiger partial charge in [0.1, 0.15) is 10.1 Å². The molecule has 8 nitrogen and oxygen atoms in total. The molecule has 136 valence electrons. The fourth-order valence-electron chi connectivity index (χ4n) is 2.37. The second-order valence-corrected chi connectivity index (χ2v) is 7.30. The van der Waals surface area contributed by atoms with E-state index in [4.69, 9.17) is 17.0 Å². The van der Waals surface area contributed by atoms with Crippen LogP contribution in [0.15, 0.2) is 18.2 Å². The van der Waals surface area contributed by atoms with Crippen molar-refractivity contribution < 1.29 is 19.4 Å². The number of nitro benzene ring substituents is 1. The van der Waals surface area contributed by atoms with E-state index in [1.54, 1.807) is 0 Å². The molecular weight excluding hydrogens is 364 g/mol. The van der Waals surface area contributed by atoms with E-state index in [1.165, 1.54) is 42.0 Å². The topological polar surface area (TPSA) is 89.1 Å². The summed E-state index contributed by atoms with van der Waals surface area (Å²) in [5.74, 6) is 0.189. The number of hydrogen-bond donors (Lipinski definition) is 2. The van der Waals surface area contributed by atoms with Crippen LogP contribution >= 0.6 is 24.0 Å². The van der Waals surface area contributed by atoms with Gasteiger partial charge in [0.2, 0.25) is 5.91 Å². The number of ether oxygens (including phenoxy) is 1. The van der Waals surface area contributed by atoms with Crippen molar-refractivity contribution in [2.75, 3.05) is 51.4 Å². The lowest BCUT2D eigenvalue weighted by Gasteiger charge is -2.31. The molecular formula is C15H21N4O4S2+. The summed E-state index contributed by atoms with van der Waals surface area (Å²) in [4.78, 5) is 26.0. The Morgan fingerprint density at radius 1 is 1.48 bits per heavy atom. The fourth-order valence-corrected chi connectivity index (χ4v) is 3.42. The van der Waals surface area contributed by atoms with Gasteiger partial charge in [0.05, 0.1) is 62.8 Å². The highest BCUT2D eigenvalue weighted by atomic mass is 32.2. The largest absolute Gasteiger partial charge is 0.494 e. The minimum atomic E-state index is -0.514. The molecule has 0 atom stereocenters. The lowest BCUT2D eigenvalue weighted by Crippen LogP contribution is -3.12. The molecule has 1 aliphatic heterocycles. The van der Waals surface area contributed by atoms with Crippen molar-refractivity contribution in [3.8, 4) is 5.75 Å². The Hall–Kier alpha value is -1.91. The van der Waals surface area contributed by atoms with E-state index in [1.807, 2.05) is 0 Å². The monoisotopic (exact) mass is 385 g/mol. The Balaban J connectivity index is 1.87. The Morgan fingerprint density at radius 3 is 2.76 bits per heavy atom. The maximum absolute atomic E-state index is 12.1. The summed E-state index contributed by atoms with van der Waals surface area (Å²) in [5, 5.41) is 13.5. The molecule has 0 spiro atoms. The Bertz CT molecular complexity index is 663. The van der Waals surface area contributed by atoms with Gasteiger partial charge in [-0.05, 0) is 6.07 Å². The van der Waals surface area contributed by atoms with Crippen LogP contribution in [-0.4, -0.2) is 66.1 Å². The van der Waals surface area contributed by atoms with Crippen molar-refractivity contribution in [1.82, 2.24) is 4.90 Å². The highest BCUT2D eigenvalue weighted by Gasteiger charge is 2.20. The standard InChI is InChI=1S/C15H20N4O4S2/c1-17-5-7-18(8-6-17)15(24)25-10-14(20)16-12-4-3-11(19(21)22)9-13(12)23-2/h3-4,9H,5-8,10H2,1-2H3,(H,16,20)/p+1. The van der Waals surface area contributed by atoms with Crippen molar-refractivity contribution in [1.29, 1.82) is 0 Å². The molecule has 25 heavy (non-hydrogen) atoms. The molecule has 1 saturated heterocycles. The van der Waals surface area contributed by atoms with Crippen LogP contribution in [0.1, 0.15) is 0 Å². The molecule has 0 aliphatic carbocycles. The van der Waals surface area contributed by atoms with Gasteiger partial charge in [-0.3, -0.25) is 14.9 Å². The van der Waals surface area contributed by atoms with Crippen LogP contribution in [0.5, 0.6) is 5.75 Å². The number of quaternary nitrogens is 1. The highest BCUT2D eigenvalue weighted by Crippen LogP contribution is 2.29. The van der Waals surface area contributed by atoms with E-state index in [2.05, 4.69) is 17.3 Å². The number of piperazine rings is 1. The van der Waals surface area contributed by atoms with E-state index in [9.17, 15) is 14.9 Å². The second kappa shape index (κ2) is 8.97. The number of non-ortho nitro benzene ring substituents is 1. The number of nitro groups is 1. The Morgan fingerprint density at radius 2 is 2.16 bits per heavy atom. The second-order valence-electron chi connectivity index (χ2n) is 5.69. The van der Waals surface area contributed by atoms with Crippen LogP contribution in [0.25, 0.3) is 0 Å². The number of rotatable bonds is 5. The zero-order chi connectivity index (χ0) is 18.4. The SMILES string of the molecule is COc1cc([N+](=O)[O-])ccc1NC(=O)CSC(=S)N1CC[NH+](C)CC1. The van der Waals surface area contributed by atoms with Crippen LogP contribution in [0.3, 0.4) is 0 Å². The summed E-state index contributed by atoms with van der Waals surface area (Å²) in [5.41, 5.74) is 0.301. The molecule has 10 heteroatoms. The first-order valence-corrected chi connectivity index (χ1v) is 9.15. The number of hydrogen-bond acceptors (Lipinski definition) is 6. The predicted molar refractivity (Wildman–Crippen MR) is 102 cm³/mol. The average Bonchev–Trinajstić information content (AvgIpc) is 2.60. The smallest absolute Gasteiger partial charge is 0.273 e. The van der Waals surface area contributed by atoms with Crippen LogP contribution in [0.2, 0.25) is 0 Å². The highest BCUT2D eigenvalue weighted by molar-refractivity contribution is 8.23. The van der Waals surface area contributed by atoms with Gasteiger partial charge in [0.25, 0.3) is 5.69 Å². The Labute approximate surface area is 155 Å². The first-order chi connectivity index (χ1) is 11.9. The van der Waals surface area contributed by atoms with Gasteiger partial charge in [-0.2, -0.15) is 0 Å². The van der Waals surface area contributed by atoms with Crippen molar-refractivity contribution in [2.24, 2.45) is 0 Å². The predicted octanol–water partition coefficient (Wildman–Crippen LogP) is 0.390. The fraction of sp³-hybridized carbons (Fsp3) is 0.467. The van der Waals surface area contributed by atoms with Gasteiger partial charge in [0, 0.05) is 6.07 Å². The van der Waals surface area contributed by atoms with Crippen LogP contribution in [0.4, 0.5) is 11.4 Å². The molecule has 2 rings (SSSR count). The van der Waals surface area contributed by atoms with Gasteiger partial charge >= 0.3 is 0 Å². The number of anilines is 1. The first kappa shape index (κ1) is 19.4. The van der Waals surface area contributed by atoms with E-state index in [-0.39, 0.29) is 23.1 Å². The minimum absolute atomic E-state index is 0.0948. The van der Waals surface area contributed by atoms with Crippen molar-refractivity contribution in [3.63, 3.8) is 0 Å². The number of carbonyl (C=O) groups excluding carboxylic acids is 1. The van der Waals surface area contributed by atoms with Gasteiger partial charge in [-0.15, -0.1) is 0 Å². The molecule has 0 aromatic heterocycles. The summed E-state index contributed by atoms with van der Waals surface area (Å²) in [6, 6.07) is 4.06. The number of amides is 1. The third kappa shape index (κ3) is 5.55. The normalized spacial score (nSPS) is 14.9. The minimum Gasteiger partial charge on any atom is -0.494 e. The van der Waals surface area contributed by atoms with Gasteiger partial charge in [-0.25, -0.2) is 0 Å². The van der Waals surface area contributed by atoms with Gasteiger partial charge < -0.3 is 19.9 Å². The summed E-state index contributed by atoms with van der Waals surface area (Å²) >= 11 is 6.71. The maximum atomic E-state index is 12.1. The zero-order valence-electron chi connectivity index (χ0n) is 14.1. The number of nitrogens with one attached hydrogen (secondary N) is 2. The molecule has 0 radical (unpaired) electrons. The summed E-state index contributed by atoms with van der Waals surface area (Å²) < 4.78 is 5.83.